The molecule has 3 rings (SSSR count). The van der Waals surface area contributed by atoms with Crippen LogP contribution in [0.2, 0.25) is 0 Å². The molecule has 1 aliphatic heterocycles. The minimum atomic E-state index is -0.605. The van der Waals surface area contributed by atoms with Crippen molar-refractivity contribution in [1.82, 2.24) is 0 Å². The number of benzene rings is 2. The lowest BCUT2D eigenvalue weighted by Gasteiger charge is -2.11. The van der Waals surface area contributed by atoms with Gasteiger partial charge in [-0.15, -0.1) is 0 Å². The van der Waals surface area contributed by atoms with Gasteiger partial charge < -0.3 is 14.9 Å². The molecule has 0 radical (unpaired) electrons. The Labute approximate surface area is 134 Å². The molecule has 118 valence electrons. The number of hydrogen-bond acceptors (Lipinski definition) is 4. The van der Waals surface area contributed by atoms with E-state index in [4.69, 9.17) is 9.57 Å². The van der Waals surface area contributed by atoms with Gasteiger partial charge in [0.1, 0.15) is 5.75 Å². The normalized spacial score (nSPS) is 16.4. The molecule has 0 saturated carbocycles. The Morgan fingerprint density at radius 1 is 1.22 bits per heavy atom. The summed E-state index contributed by atoms with van der Waals surface area (Å²) in [5.74, 6) is 0.591. The standard InChI is InChI=1S/C18H18N2O3/c1-12-5-3-4-6-15(12)19-18(21)17-11-16(20-23-17)13-7-9-14(22-2)10-8-13/h3-10,17H,11H2,1-2H3,(H,19,21). The highest BCUT2D eigenvalue weighted by Crippen LogP contribution is 2.21. The summed E-state index contributed by atoms with van der Waals surface area (Å²) in [6.45, 7) is 1.95. The van der Waals surface area contributed by atoms with Gasteiger partial charge in [0.15, 0.2) is 0 Å². The van der Waals surface area contributed by atoms with Crippen molar-refractivity contribution in [2.24, 2.45) is 5.16 Å². The Balaban J connectivity index is 1.64. The van der Waals surface area contributed by atoms with E-state index in [1.54, 1.807) is 7.11 Å². The molecule has 0 saturated heterocycles. The van der Waals surface area contributed by atoms with E-state index in [2.05, 4.69) is 10.5 Å². The van der Waals surface area contributed by atoms with Gasteiger partial charge in [0, 0.05) is 12.1 Å². The largest absolute Gasteiger partial charge is 0.497 e. The highest BCUT2D eigenvalue weighted by molar-refractivity contribution is 6.06. The molecule has 0 bridgehead atoms. The van der Waals surface area contributed by atoms with Crippen LogP contribution >= 0.6 is 0 Å². The molecule has 2 aromatic carbocycles. The van der Waals surface area contributed by atoms with E-state index in [1.807, 2.05) is 55.5 Å². The van der Waals surface area contributed by atoms with Crippen LogP contribution in [0, 0.1) is 6.92 Å². The number of carbonyl (C=O) groups is 1. The Bertz CT molecular complexity index is 738. The van der Waals surface area contributed by atoms with Crippen molar-refractivity contribution in [2.45, 2.75) is 19.4 Å². The first-order valence-electron chi connectivity index (χ1n) is 7.41. The third kappa shape index (κ3) is 3.34. The third-order valence-corrected chi connectivity index (χ3v) is 3.79. The van der Waals surface area contributed by atoms with E-state index < -0.39 is 6.10 Å². The first kappa shape index (κ1) is 15.1. The molecule has 23 heavy (non-hydrogen) atoms. The van der Waals surface area contributed by atoms with Gasteiger partial charge in [-0.05, 0) is 48.4 Å². The van der Waals surface area contributed by atoms with Gasteiger partial charge in [0.25, 0.3) is 5.91 Å². The van der Waals surface area contributed by atoms with Gasteiger partial charge in [0.05, 0.1) is 12.8 Å². The van der Waals surface area contributed by atoms with Crippen molar-refractivity contribution in [2.75, 3.05) is 12.4 Å². The molecule has 0 aromatic heterocycles. The monoisotopic (exact) mass is 310 g/mol. The summed E-state index contributed by atoms with van der Waals surface area (Å²) in [6, 6.07) is 15.2. The first-order chi connectivity index (χ1) is 11.2. The predicted octanol–water partition coefficient (Wildman–Crippen LogP) is 3.14. The molecule has 1 unspecified atom stereocenters. The molecule has 1 atom stereocenters. The average molecular weight is 310 g/mol. The van der Waals surface area contributed by atoms with E-state index in [9.17, 15) is 4.79 Å². The number of amides is 1. The molecule has 0 fully saturated rings. The fourth-order valence-electron chi connectivity index (χ4n) is 2.40. The summed E-state index contributed by atoms with van der Waals surface area (Å²) < 4.78 is 5.13. The van der Waals surface area contributed by atoms with Crippen molar-refractivity contribution in [3.63, 3.8) is 0 Å². The minimum absolute atomic E-state index is 0.188. The first-order valence-corrected chi connectivity index (χ1v) is 7.41. The van der Waals surface area contributed by atoms with E-state index >= 15 is 0 Å². The molecule has 1 aliphatic rings. The fourth-order valence-corrected chi connectivity index (χ4v) is 2.40. The van der Waals surface area contributed by atoms with Gasteiger partial charge >= 0.3 is 0 Å². The average Bonchev–Trinajstić information content (AvgIpc) is 3.07. The summed E-state index contributed by atoms with van der Waals surface area (Å²) in [5.41, 5.74) is 3.49. The van der Waals surface area contributed by atoms with Crippen molar-refractivity contribution in [3.05, 3.63) is 59.7 Å². The molecule has 5 nitrogen and oxygen atoms in total. The topological polar surface area (TPSA) is 59.9 Å². The number of para-hydroxylation sites is 1. The number of nitrogens with zero attached hydrogens (tertiary/aromatic N) is 1. The van der Waals surface area contributed by atoms with Crippen LogP contribution in [-0.2, 0) is 9.63 Å². The van der Waals surface area contributed by atoms with Crippen molar-refractivity contribution in [3.8, 4) is 5.75 Å². The molecule has 5 heteroatoms. The molecule has 0 spiro atoms. The lowest BCUT2D eigenvalue weighted by Crippen LogP contribution is -2.28. The highest BCUT2D eigenvalue weighted by Gasteiger charge is 2.29. The van der Waals surface area contributed by atoms with Gasteiger partial charge in [-0.3, -0.25) is 4.79 Å². The number of carbonyl (C=O) groups excluding carboxylic acids is 1. The SMILES string of the molecule is COc1ccc(C2=NOC(C(=O)Nc3ccccc3C)C2)cc1. The number of ether oxygens (including phenoxy) is 1. The zero-order chi connectivity index (χ0) is 16.2. The van der Waals surface area contributed by atoms with E-state index in [1.165, 1.54) is 0 Å². The second-order valence-electron chi connectivity index (χ2n) is 5.37. The summed E-state index contributed by atoms with van der Waals surface area (Å²) >= 11 is 0. The number of hydrogen-bond donors (Lipinski definition) is 1. The van der Waals surface area contributed by atoms with E-state index in [0.29, 0.717) is 6.42 Å². The van der Waals surface area contributed by atoms with Gasteiger partial charge in [-0.25, -0.2) is 0 Å². The lowest BCUT2D eigenvalue weighted by atomic mass is 10.0. The van der Waals surface area contributed by atoms with Crippen molar-refractivity contribution in [1.29, 1.82) is 0 Å². The van der Waals surface area contributed by atoms with Crippen LogP contribution in [0.3, 0.4) is 0 Å². The minimum Gasteiger partial charge on any atom is -0.497 e. The number of rotatable bonds is 4. The smallest absolute Gasteiger partial charge is 0.268 e. The summed E-state index contributed by atoms with van der Waals surface area (Å²) in [7, 11) is 1.62. The summed E-state index contributed by atoms with van der Waals surface area (Å²) in [4.78, 5) is 17.6. The highest BCUT2D eigenvalue weighted by atomic mass is 16.6. The summed E-state index contributed by atoms with van der Waals surface area (Å²) in [5, 5.41) is 6.93. The van der Waals surface area contributed by atoms with Crippen LogP contribution in [-0.4, -0.2) is 24.8 Å². The van der Waals surface area contributed by atoms with E-state index in [-0.39, 0.29) is 5.91 Å². The number of methoxy groups -OCH3 is 1. The molecular formula is C18H18N2O3. The zero-order valence-electron chi connectivity index (χ0n) is 13.1. The Kier molecular flexibility index (Phi) is 4.28. The quantitative estimate of drug-likeness (QED) is 0.944. The maximum atomic E-state index is 12.3. The Morgan fingerprint density at radius 3 is 2.65 bits per heavy atom. The number of anilines is 1. The third-order valence-electron chi connectivity index (χ3n) is 3.79. The maximum Gasteiger partial charge on any atom is 0.268 e. The van der Waals surface area contributed by atoms with Crippen LogP contribution in [0.4, 0.5) is 5.69 Å². The van der Waals surface area contributed by atoms with Crippen LogP contribution in [0.5, 0.6) is 5.75 Å². The van der Waals surface area contributed by atoms with Crippen molar-refractivity contribution >= 4 is 17.3 Å². The van der Waals surface area contributed by atoms with Gasteiger partial charge in [-0.1, -0.05) is 23.4 Å². The number of aryl methyl sites for hydroxylation is 1. The van der Waals surface area contributed by atoms with Gasteiger partial charge in [-0.2, -0.15) is 0 Å². The molecular weight excluding hydrogens is 292 g/mol. The second-order valence-corrected chi connectivity index (χ2v) is 5.37. The molecule has 0 aliphatic carbocycles. The molecule has 1 heterocycles. The molecule has 2 aromatic rings. The lowest BCUT2D eigenvalue weighted by molar-refractivity contribution is -0.125. The van der Waals surface area contributed by atoms with Crippen LogP contribution in [0.25, 0.3) is 0 Å². The second kappa shape index (κ2) is 6.52. The van der Waals surface area contributed by atoms with Crippen molar-refractivity contribution < 1.29 is 14.4 Å². The Hall–Kier alpha value is -2.82. The maximum absolute atomic E-state index is 12.3. The van der Waals surface area contributed by atoms with Gasteiger partial charge in [0.2, 0.25) is 6.10 Å². The van der Waals surface area contributed by atoms with Crippen LogP contribution in [0.1, 0.15) is 17.5 Å². The molecule has 1 N–H and O–H groups in total. The number of nitrogens with one attached hydrogen (secondary N) is 1. The predicted molar refractivity (Wildman–Crippen MR) is 88.8 cm³/mol. The Morgan fingerprint density at radius 2 is 1.96 bits per heavy atom. The zero-order valence-corrected chi connectivity index (χ0v) is 13.1. The van der Waals surface area contributed by atoms with Crippen LogP contribution < -0.4 is 10.1 Å². The summed E-state index contributed by atoms with van der Waals surface area (Å²) in [6.07, 6.45) is -0.156. The number of oxime groups is 1. The van der Waals surface area contributed by atoms with E-state index in [0.717, 1.165) is 28.3 Å². The molecule has 1 amide bonds. The fraction of sp³-hybridized carbons (Fsp3) is 0.222. The van der Waals surface area contributed by atoms with Crippen LogP contribution in [0.15, 0.2) is 53.7 Å².